The summed E-state index contributed by atoms with van der Waals surface area (Å²) >= 11 is 0. The van der Waals surface area contributed by atoms with Gasteiger partial charge in [-0.15, -0.1) is 6.42 Å². The maximum atomic E-state index is 13.8. The Morgan fingerprint density at radius 3 is 2.54 bits per heavy atom. The zero-order chi connectivity index (χ0) is 32.7. The Balaban J connectivity index is 1.25. The Bertz CT molecular complexity index is 1750. The van der Waals surface area contributed by atoms with E-state index < -0.39 is 23.5 Å². The third-order valence-electron chi connectivity index (χ3n) is 7.64. The number of amides is 2. The minimum Gasteiger partial charge on any atom is -0.381 e. The lowest BCUT2D eigenvalue weighted by molar-refractivity contribution is -0.137. The minimum atomic E-state index is -4.73. The fourth-order valence-electron chi connectivity index (χ4n) is 5.26. The highest BCUT2D eigenvalue weighted by molar-refractivity contribution is 6.00. The van der Waals surface area contributed by atoms with Gasteiger partial charge in [0, 0.05) is 50.2 Å². The van der Waals surface area contributed by atoms with Crippen LogP contribution in [0.15, 0.2) is 79.0 Å². The third kappa shape index (κ3) is 7.74. The molecule has 1 aliphatic heterocycles. The number of hydrogen-bond donors (Lipinski definition) is 4. The van der Waals surface area contributed by atoms with Crippen molar-refractivity contribution in [2.24, 2.45) is 0 Å². The molecule has 5 rings (SSSR count). The Kier molecular flexibility index (Phi) is 9.71. The van der Waals surface area contributed by atoms with E-state index >= 15 is 0 Å². The van der Waals surface area contributed by atoms with E-state index in [4.69, 9.17) is 6.42 Å². The van der Waals surface area contributed by atoms with Crippen LogP contribution in [0, 0.1) is 12.3 Å². The first-order valence-corrected chi connectivity index (χ1v) is 14.6. The predicted octanol–water partition coefficient (Wildman–Crippen LogP) is 6.29. The molecule has 0 spiro atoms. The minimum absolute atomic E-state index is 0.0548. The summed E-state index contributed by atoms with van der Waals surface area (Å²) in [6.07, 6.45) is 3.16. The van der Waals surface area contributed by atoms with Gasteiger partial charge in [-0.25, -0.2) is 4.98 Å². The lowest BCUT2D eigenvalue weighted by atomic mass is 9.90. The predicted molar refractivity (Wildman–Crippen MR) is 171 cm³/mol. The third-order valence-corrected chi connectivity index (χ3v) is 7.64. The molecule has 1 aliphatic rings. The number of aromatic nitrogens is 2. The molecule has 0 radical (unpaired) electrons. The van der Waals surface area contributed by atoms with E-state index in [9.17, 15) is 22.8 Å². The second kappa shape index (κ2) is 14.0. The molecule has 3 aromatic carbocycles. The topological polar surface area (TPSA) is 111 Å². The fraction of sp³-hybridized carbons (Fsp3) is 0.235. The summed E-state index contributed by atoms with van der Waals surface area (Å²) in [5.41, 5.74) is 2.89. The smallest absolute Gasteiger partial charge is 0.381 e. The molecule has 1 saturated heterocycles. The SMILES string of the molecule is C#CC(=O)N1CCCC(c2cccc(NCc3ccc(Nc4ncc(C(F)(F)F)c(Nc5ccccc5C(=O)NC)n4)cc3)c2)C1. The average Bonchev–Trinajstić information content (AvgIpc) is 3.07. The maximum Gasteiger partial charge on any atom is 0.421 e. The molecule has 0 aliphatic carbocycles. The van der Waals surface area contributed by atoms with Gasteiger partial charge in [-0.2, -0.15) is 18.2 Å². The highest BCUT2D eigenvalue weighted by Crippen LogP contribution is 2.36. The van der Waals surface area contributed by atoms with Gasteiger partial charge in [0.25, 0.3) is 11.8 Å². The van der Waals surface area contributed by atoms with Crippen LogP contribution in [0.2, 0.25) is 0 Å². The van der Waals surface area contributed by atoms with Crippen LogP contribution in [0.1, 0.15) is 45.8 Å². The van der Waals surface area contributed by atoms with E-state index in [-0.39, 0.29) is 29.0 Å². The van der Waals surface area contributed by atoms with E-state index in [1.807, 2.05) is 24.3 Å². The van der Waals surface area contributed by atoms with Crippen LogP contribution in [-0.4, -0.2) is 46.8 Å². The molecule has 2 heterocycles. The molecule has 0 saturated carbocycles. The molecule has 1 fully saturated rings. The van der Waals surface area contributed by atoms with E-state index in [1.165, 1.54) is 19.2 Å². The van der Waals surface area contributed by atoms with E-state index in [2.05, 4.69) is 49.3 Å². The van der Waals surface area contributed by atoms with E-state index in [0.29, 0.717) is 31.5 Å². The molecule has 46 heavy (non-hydrogen) atoms. The van der Waals surface area contributed by atoms with Crippen LogP contribution < -0.4 is 21.3 Å². The van der Waals surface area contributed by atoms with Gasteiger partial charge in [0.15, 0.2) is 0 Å². The molecule has 0 bridgehead atoms. The number of rotatable bonds is 9. The number of hydrogen-bond acceptors (Lipinski definition) is 7. The van der Waals surface area contributed by atoms with Crippen molar-refractivity contribution in [3.05, 3.63) is 101 Å². The van der Waals surface area contributed by atoms with E-state index in [0.717, 1.165) is 29.7 Å². The highest BCUT2D eigenvalue weighted by atomic mass is 19.4. The lowest BCUT2D eigenvalue weighted by Gasteiger charge is -2.32. The van der Waals surface area contributed by atoms with Crippen molar-refractivity contribution < 1.29 is 22.8 Å². The Morgan fingerprint density at radius 1 is 1.02 bits per heavy atom. The van der Waals surface area contributed by atoms with Crippen molar-refractivity contribution in [1.29, 1.82) is 0 Å². The second-order valence-corrected chi connectivity index (χ2v) is 10.7. The van der Waals surface area contributed by atoms with Crippen LogP contribution in [0.3, 0.4) is 0 Å². The molecule has 9 nitrogen and oxygen atoms in total. The second-order valence-electron chi connectivity index (χ2n) is 10.7. The summed E-state index contributed by atoms with van der Waals surface area (Å²) in [5, 5.41) is 11.5. The maximum absolute atomic E-state index is 13.8. The number of halogens is 3. The van der Waals surface area contributed by atoms with Gasteiger partial charge >= 0.3 is 6.18 Å². The van der Waals surface area contributed by atoms with Gasteiger partial charge in [-0.3, -0.25) is 9.59 Å². The van der Waals surface area contributed by atoms with Crippen molar-refractivity contribution in [2.45, 2.75) is 31.5 Å². The first kappa shape index (κ1) is 31.8. The number of terminal acetylenes is 1. The number of para-hydroxylation sites is 1. The molecule has 236 valence electrons. The summed E-state index contributed by atoms with van der Waals surface area (Å²) in [6.45, 7) is 1.81. The number of piperidine rings is 1. The Morgan fingerprint density at radius 2 is 1.80 bits per heavy atom. The highest BCUT2D eigenvalue weighted by Gasteiger charge is 2.35. The van der Waals surface area contributed by atoms with Crippen LogP contribution in [-0.2, 0) is 17.5 Å². The lowest BCUT2D eigenvalue weighted by Crippen LogP contribution is -2.38. The first-order valence-electron chi connectivity index (χ1n) is 14.6. The normalized spacial score (nSPS) is 14.6. The zero-order valence-electron chi connectivity index (χ0n) is 25.0. The molecule has 1 aromatic heterocycles. The summed E-state index contributed by atoms with van der Waals surface area (Å²) in [5.74, 6) is 1.14. The zero-order valence-corrected chi connectivity index (χ0v) is 25.0. The molecular formula is C34H32F3N7O2. The molecule has 4 aromatic rings. The number of anilines is 5. The largest absolute Gasteiger partial charge is 0.421 e. The van der Waals surface area contributed by atoms with Crippen LogP contribution in [0.5, 0.6) is 0 Å². The molecule has 1 atom stereocenters. The Hall–Kier alpha value is -5.57. The monoisotopic (exact) mass is 627 g/mol. The van der Waals surface area contributed by atoms with Crippen molar-refractivity contribution in [1.82, 2.24) is 20.2 Å². The van der Waals surface area contributed by atoms with Gasteiger partial charge < -0.3 is 26.2 Å². The van der Waals surface area contributed by atoms with Gasteiger partial charge in [0.2, 0.25) is 5.95 Å². The molecule has 4 N–H and O–H groups in total. The first-order chi connectivity index (χ1) is 22.1. The van der Waals surface area contributed by atoms with Crippen molar-refractivity contribution >= 4 is 40.6 Å². The molecular weight excluding hydrogens is 595 g/mol. The van der Waals surface area contributed by atoms with Crippen molar-refractivity contribution in [3.63, 3.8) is 0 Å². The quantitative estimate of drug-likeness (QED) is 0.161. The fourth-order valence-corrected chi connectivity index (χ4v) is 5.26. The van der Waals surface area contributed by atoms with Crippen LogP contribution in [0.25, 0.3) is 0 Å². The number of nitrogens with one attached hydrogen (secondary N) is 4. The molecule has 12 heteroatoms. The van der Waals surface area contributed by atoms with Crippen LogP contribution >= 0.6 is 0 Å². The van der Waals surface area contributed by atoms with Crippen molar-refractivity contribution in [2.75, 3.05) is 36.1 Å². The number of alkyl halides is 3. The standard InChI is InChI=1S/C34H32F3N7O2/c1-3-30(45)44-17-7-9-24(21-44)23-8-6-10-26(18-23)39-19-22-13-15-25(16-14-22)41-33-40-20-28(34(35,36)37)31(43-33)42-29-12-5-4-11-27(29)32(46)38-2/h1,4-6,8,10-16,18,20,24,39H,7,9,17,19,21H2,2H3,(H,38,46)(H2,40,41,42,43). The van der Waals surface area contributed by atoms with E-state index in [1.54, 1.807) is 29.2 Å². The number of carbonyl (C=O) groups excluding carboxylic acids is 2. The van der Waals surface area contributed by atoms with Crippen molar-refractivity contribution in [3.8, 4) is 12.3 Å². The Labute approximate surface area is 264 Å². The molecule has 2 amide bonds. The number of benzene rings is 3. The summed E-state index contributed by atoms with van der Waals surface area (Å²) in [4.78, 5) is 33.9. The number of nitrogens with zero attached hydrogens (tertiary/aromatic N) is 3. The van der Waals surface area contributed by atoms with Gasteiger partial charge in [-0.05, 0) is 66.3 Å². The summed E-state index contributed by atoms with van der Waals surface area (Å²) in [7, 11) is 1.44. The van der Waals surface area contributed by atoms with Gasteiger partial charge in [0.05, 0.1) is 11.3 Å². The summed E-state index contributed by atoms with van der Waals surface area (Å²) < 4.78 is 41.4. The summed E-state index contributed by atoms with van der Waals surface area (Å²) in [6, 6.07) is 21.6. The van der Waals surface area contributed by atoms with Crippen LogP contribution in [0.4, 0.5) is 42.0 Å². The number of carbonyl (C=O) groups is 2. The number of likely N-dealkylation sites (tertiary alicyclic amines) is 1. The average molecular weight is 628 g/mol. The molecule has 1 unspecified atom stereocenters. The van der Waals surface area contributed by atoms with Gasteiger partial charge in [-0.1, -0.05) is 36.4 Å². The van der Waals surface area contributed by atoms with Gasteiger partial charge in [0.1, 0.15) is 11.4 Å².